The van der Waals surface area contributed by atoms with E-state index in [1.54, 1.807) is 11.3 Å². The van der Waals surface area contributed by atoms with Gasteiger partial charge in [-0.2, -0.15) is 0 Å². The SMILES string of the molecule is O/N=C(/c1ccccc1)N1CCc2ccsc2C1. The summed E-state index contributed by atoms with van der Waals surface area (Å²) in [5, 5.41) is 14.9. The summed E-state index contributed by atoms with van der Waals surface area (Å²) in [6, 6.07) is 12.0. The monoisotopic (exact) mass is 258 g/mol. The minimum atomic E-state index is 0.662. The van der Waals surface area contributed by atoms with E-state index < -0.39 is 0 Å². The predicted octanol–water partition coefficient (Wildman–Crippen LogP) is 2.94. The van der Waals surface area contributed by atoms with Crippen LogP contribution in [-0.2, 0) is 13.0 Å². The molecule has 2 heterocycles. The quantitative estimate of drug-likeness (QED) is 0.369. The summed E-state index contributed by atoms with van der Waals surface area (Å²) in [6.07, 6.45) is 1.02. The second-order valence-corrected chi connectivity index (χ2v) is 5.33. The van der Waals surface area contributed by atoms with Crippen LogP contribution >= 0.6 is 11.3 Å². The summed E-state index contributed by atoms with van der Waals surface area (Å²) in [6.45, 7) is 1.74. The number of benzene rings is 1. The highest BCUT2D eigenvalue weighted by atomic mass is 32.1. The van der Waals surface area contributed by atoms with Crippen LogP contribution < -0.4 is 0 Å². The lowest BCUT2D eigenvalue weighted by atomic mass is 10.1. The minimum absolute atomic E-state index is 0.662. The van der Waals surface area contributed by atoms with Crippen molar-refractivity contribution in [3.63, 3.8) is 0 Å². The predicted molar refractivity (Wildman–Crippen MR) is 73.2 cm³/mol. The van der Waals surface area contributed by atoms with Gasteiger partial charge in [-0.05, 0) is 23.4 Å². The van der Waals surface area contributed by atoms with Crippen LogP contribution in [0.1, 0.15) is 16.0 Å². The highest BCUT2D eigenvalue weighted by Crippen LogP contribution is 2.25. The van der Waals surface area contributed by atoms with Crippen LogP contribution in [0.2, 0.25) is 0 Å². The van der Waals surface area contributed by atoms with E-state index in [-0.39, 0.29) is 0 Å². The molecule has 0 radical (unpaired) electrons. The molecule has 3 rings (SSSR count). The lowest BCUT2D eigenvalue weighted by Crippen LogP contribution is -2.35. The summed E-state index contributed by atoms with van der Waals surface area (Å²) < 4.78 is 0. The third-order valence-corrected chi connectivity index (χ3v) is 4.20. The highest BCUT2D eigenvalue weighted by Gasteiger charge is 2.21. The van der Waals surface area contributed by atoms with E-state index >= 15 is 0 Å². The summed E-state index contributed by atoms with van der Waals surface area (Å²) in [7, 11) is 0. The molecule has 1 aliphatic rings. The van der Waals surface area contributed by atoms with Gasteiger partial charge in [-0.1, -0.05) is 35.5 Å². The molecule has 0 unspecified atom stereocenters. The fourth-order valence-corrected chi connectivity index (χ4v) is 3.26. The molecule has 0 amide bonds. The van der Waals surface area contributed by atoms with Crippen molar-refractivity contribution < 1.29 is 5.21 Å². The van der Waals surface area contributed by atoms with Crippen molar-refractivity contribution in [3.8, 4) is 0 Å². The maximum Gasteiger partial charge on any atom is 0.175 e. The molecule has 2 aromatic rings. The van der Waals surface area contributed by atoms with Gasteiger partial charge in [0.15, 0.2) is 5.84 Å². The number of hydrogen-bond acceptors (Lipinski definition) is 3. The first-order valence-electron chi connectivity index (χ1n) is 5.96. The van der Waals surface area contributed by atoms with E-state index in [9.17, 15) is 5.21 Å². The molecule has 1 aromatic heterocycles. The Morgan fingerprint density at radius 3 is 2.83 bits per heavy atom. The Kier molecular flexibility index (Phi) is 3.02. The molecule has 3 nitrogen and oxygen atoms in total. The van der Waals surface area contributed by atoms with E-state index in [0.29, 0.717) is 5.84 Å². The normalized spacial score (nSPS) is 15.6. The topological polar surface area (TPSA) is 35.8 Å². The molecule has 92 valence electrons. The fourth-order valence-electron chi connectivity index (χ4n) is 2.31. The average Bonchev–Trinajstić information content (AvgIpc) is 2.88. The van der Waals surface area contributed by atoms with Crippen molar-refractivity contribution in [3.05, 3.63) is 57.8 Å². The molecule has 0 bridgehead atoms. The lowest BCUT2D eigenvalue weighted by molar-refractivity contribution is 0.296. The summed E-state index contributed by atoms with van der Waals surface area (Å²) in [5.41, 5.74) is 2.39. The van der Waals surface area contributed by atoms with E-state index in [0.717, 1.165) is 25.1 Å². The van der Waals surface area contributed by atoms with E-state index in [2.05, 4.69) is 21.5 Å². The van der Waals surface area contributed by atoms with Crippen molar-refractivity contribution in [2.24, 2.45) is 5.16 Å². The van der Waals surface area contributed by atoms with Gasteiger partial charge in [0.1, 0.15) is 0 Å². The van der Waals surface area contributed by atoms with E-state index in [4.69, 9.17) is 0 Å². The Bertz CT molecular complexity index is 562. The van der Waals surface area contributed by atoms with Crippen LogP contribution in [0.15, 0.2) is 46.9 Å². The zero-order chi connectivity index (χ0) is 12.4. The van der Waals surface area contributed by atoms with Gasteiger partial charge in [0.25, 0.3) is 0 Å². The van der Waals surface area contributed by atoms with Gasteiger partial charge in [-0.15, -0.1) is 11.3 Å². The molecule has 4 heteroatoms. The molecule has 18 heavy (non-hydrogen) atoms. The van der Waals surface area contributed by atoms with Gasteiger partial charge in [-0.25, -0.2) is 0 Å². The van der Waals surface area contributed by atoms with Gasteiger partial charge in [0.2, 0.25) is 0 Å². The molecule has 0 atom stereocenters. The number of hydrogen-bond donors (Lipinski definition) is 1. The third kappa shape index (κ3) is 1.99. The first-order chi connectivity index (χ1) is 8.88. The zero-order valence-electron chi connectivity index (χ0n) is 9.91. The molecule has 0 fully saturated rings. The first kappa shape index (κ1) is 11.3. The summed E-state index contributed by atoms with van der Waals surface area (Å²) >= 11 is 1.77. The van der Waals surface area contributed by atoms with Gasteiger partial charge in [0, 0.05) is 17.0 Å². The van der Waals surface area contributed by atoms with E-state index in [1.165, 1.54) is 10.4 Å². The number of amidine groups is 1. The van der Waals surface area contributed by atoms with Gasteiger partial charge < -0.3 is 10.1 Å². The van der Waals surface area contributed by atoms with Crippen molar-refractivity contribution >= 4 is 17.2 Å². The van der Waals surface area contributed by atoms with Crippen LogP contribution in [-0.4, -0.2) is 22.5 Å². The second-order valence-electron chi connectivity index (χ2n) is 4.33. The third-order valence-electron chi connectivity index (χ3n) is 3.25. The molecule has 0 saturated heterocycles. The van der Waals surface area contributed by atoms with Crippen molar-refractivity contribution in [2.45, 2.75) is 13.0 Å². The number of rotatable bonds is 1. The molecule has 1 aromatic carbocycles. The first-order valence-corrected chi connectivity index (χ1v) is 6.84. The Hall–Kier alpha value is -1.81. The molecule has 0 aliphatic carbocycles. The van der Waals surface area contributed by atoms with Crippen LogP contribution in [0.25, 0.3) is 0 Å². The highest BCUT2D eigenvalue weighted by molar-refractivity contribution is 7.10. The zero-order valence-corrected chi connectivity index (χ0v) is 10.7. The minimum Gasteiger partial charge on any atom is -0.409 e. The number of thiophene rings is 1. The Morgan fingerprint density at radius 2 is 2.06 bits per heavy atom. The van der Waals surface area contributed by atoms with Crippen LogP contribution in [0.5, 0.6) is 0 Å². The molecule has 1 aliphatic heterocycles. The van der Waals surface area contributed by atoms with Gasteiger partial charge >= 0.3 is 0 Å². The Balaban J connectivity index is 1.87. The Morgan fingerprint density at radius 1 is 1.22 bits per heavy atom. The standard InChI is InChI=1S/C14H14N2OS/c17-15-14(12-4-2-1-3-5-12)16-8-6-11-7-9-18-13(11)10-16/h1-5,7,9,17H,6,8,10H2/b15-14-. The Labute approximate surface area is 110 Å². The fraction of sp³-hybridized carbons (Fsp3) is 0.214. The maximum atomic E-state index is 9.28. The molecular weight excluding hydrogens is 244 g/mol. The van der Waals surface area contributed by atoms with Gasteiger partial charge in [-0.3, -0.25) is 0 Å². The van der Waals surface area contributed by atoms with Crippen molar-refractivity contribution in [1.82, 2.24) is 4.90 Å². The van der Waals surface area contributed by atoms with Gasteiger partial charge in [0.05, 0.1) is 6.54 Å². The van der Waals surface area contributed by atoms with Crippen LogP contribution in [0.4, 0.5) is 0 Å². The summed E-state index contributed by atoms with van der Waals surface area (Å²) in [4.78, 5) is 3.51. The van der Waals surface area contributed by atoms with Crippen LogP contribution in [0.3, 0.4) is 0 Å². The van der Waals surface area contributed by atoms with Crippen LogP contribution in [0, 0.1) is 0 Å². The van der Waals surface area contributed by atoms with E-state index in [1.807, 2.05) is 30.3 Å². The smallest absolute Gasteiger partial charge is 0.175 e. The second kappa shape index (κ2) is 4.82. The molecular formula is C14H14N2OS. The maximum absolute atomic E-state index is 9.28. The van der Waals surface area contributed by atoms with Crippen molar-refractivity contribution in [1.29, 1.82) is 0 Å². The lowest BCUT2D eigenvalue weighted by Gasteiger charge is -2.29. The number of oxime groups is 1. The summed E-state index contributed by atoms with van der Waals surface area (Å²) in [5.74, 6) is 0.662. The number of fused-ring (bicyclic) bond motifs is 1. The molecule has 0 saturated carbocycles. The molecule has 0 spiro atoms. The van der Waals surface area contributed by atoms with Crippen molar-refractivity contribution in [2.75, 3.05) is 6.54 Å². The average molecular weight is 258 g/mol. The number of nitrogens with zero attached hydrogens (tertiary/aromatic N) is 2. The largest absolute Gasteiger partial charge is 0.409 e. The molecule has 1 N–H and O–H groups in total.